The van der Waals surface area contributed by atoms with Crippen LogP contribution < -0.4 is 10.9 Å². The summed E-state index contributed by atoms with van der Waals surface area (Å²) in [5.74, 6) is -0.557. The molecule has 28 heavy (non-hydrogen) atoms. The van der Waals surface area contributed by atoms with Gasteiger partial charge in [-0.15, -0.1) is 0 Å². The third-order valence-electron chi connectivity index (χ3n) is 4.78. The van der Waals surface area contributed by atoms with Gasteiger partial charge in [0.1, 0.15) is 12.4 Å². The summed E-state index contributed by atoms with van der Waals surface area (Å²) in [5, 5.41) is 7.05. The van der Waals surface area contributed by atoms with Crippen LogP contribution in [0.3, 0.4) is 0 Å². The van der Waals surface area contributed by atoms with Crippen molar-refractivity contribution in [2.45, 2.75) is 39.7 Å². The van der Waals surface area contributed by atoms with Gasteiger partial charge in [0.05, 0.1) is 11.4 Å². The molecule has 2 aromatic heterocycles. The zero-order chi connectivity index (χ0) is 19.8. The fraction of sp³-hybridized carbons (Fsp3) is 0.300. The molecule has 0 atom stereocenters. The molecule has 2 heterocycles. The molecule has 1 aromatic carbocycles. The molecular weight excluding hydrogens is 361 g/mol. The number of nitrogens with one attached hydrogen (secondary N) is 1. The van der Waals surface area contributed by atoms with Gasteiger partial charge in [0.25, 0.3) is 5.56 Å². The van der Waals surface area contributed by atoms with Crippen LogP contribution in [-0.4, -0.2) is 25.2 Å². The summed E-state index contributed by atoms with van der Waals surface area (Å²) < 4.78 is 16.3. The standard InChI is InChI=1S/C20H20FN5O2/c1-12-9-13(2)26(24-12)20-23-17-8-4-7-16(17)19(28)25(20)11-18(27)22-15-6-3-5-14(21)10-15/h3,5-6,9-10H,4,7-8,11H2,1-2H3,(H,22,27). The maximum atomic E-state index is 13.4. The Balaban J connectivity index is 1.74. The van der Waals surface area contributed by atoms with Gasteiger partial charge in [0.2, 0.25) is 11.9 Å². The van der Waals surface area contributed by atoms with Crippen LogP contribution in [0.15, 0.2) is 35.1 Å². The van der Waals surface area contributed by atoms with Crippen LogP contribution in [0.2, 0.25) is 0 Å². The lowest BCUT2D eigenvalue weighted by molar-refractivity contribution is -0.116. The lowest BCUT2D eigenvalue weighted by atomic mass is 10.2. The monoisotopic (exact) mass is 381 g/mol. The van der Waals surface area contributed by atoms with E-state index in [4.69, 9.17) is 0 Å². The maximum Gasteiger partial charge on any atom is 0.258 e. The average Bonchev–Trinajstić information content (AvgIpc) is 3.23. The number of hydrogen-bond acceptors (Lipinski definition) is 4. The van der Waals surface area contributed by atoms with Crippen molar-refractivity contribution in [2.24, 2.45) is 0 Å². The van der Waals surface area contributed by atoms with E-state index in [0.29, 0.717) is 23.6 Å². The lowest BCUT2D eigenvalue weighted by Crippen LogP contribution is -2.34. The summed E-state index contributed by atoms with van der Waals surface area (Å²) in [6.45, 7) is 3.50. The predicted molar refractivity (Wildman–Crippen MR) is 102 cm³/mol. The molecule has 1 N–H and O–H groups in total. The number of fused-ring (bicyclic) bond motifs is 1. The molecule has 0 spiro atoms. The Kier molecular flexibility index (Phi) is 4.54. The van der Waals surface area contributed by atoms with E-state index in [9.17, 15) is 14.0 Å². The summed E-state index contributed by atoms with van der Waals surface area (Å²) in [6.07, 6.45) is 2.27. The van der Waals surface area contributed by atoms with Gasteiger partial charge in [-0.05, 0) is 57.4 Å². The Morgan fingerprint density at radius 3 is 2.79 bits per heavy atom. The average molecular weight is 381 g/mol. The topological polar surface area (TPSA) is 81.8 Å². The molecule has 7 nitrogen and oxygen atoms in total. The quantitative estimate of drug-likeness (QED) is 0.752. The van der Waals surface area contributed by atoms with Crippen LogP contribution in [-0.2, 0) is 24.2 Å². The van der Waals surface area contributed by atoms with Crippen LogP contribution in [0.4, 0.5) is 10.1 Å². The fourth-order valence-electron chi connectivity index (χ4n) is 3.56. The molecule has 8 heteroatoms. The van der Waals surface area contributed by atoms with Gasteiger partial charge in [-0.3, -0.25) is 14.2 Å². The molecule has 3 aromatic rings. The van der Waals surface area contributed by atoms with Crippen LogP contribution in [0.1, 0.15) is 29.1 Å². The number of aromatic nitrogens is 4. The summed E-state index contributed by atoms with van der Waals surface area (Å²) in [4.78, 5) is 30.3. The second-order valence-corrected chi connectivity index (χ2v) is 6.98. The molecule has 144 valence electrons. The second kappa shape index (κ2) is 7.03. The number of aryl methyl sites for hydroxylation is 3. The molecule has 0 saturated carbocycles. The van der Waals surface area contributed by atoms with Crippen LogP contribution in [0, 0.1) is 19.7 Å². The summed E-state index contributed by atoms with van der Waals surface area (Å²) >= 11 is 0. The Hall–Kier alpha value is -3.29. The Labute approximate surface area is 160 Å². The van der Waals surface area contributed by atoms with E-state index in [1.165, 1.54) is 22.8 Å². The lowest BCUT2D eigenvalue weighted by Gasteiger charge is -2.15. The minimum absolute atomic E-state index is 0.223. The number of carbonyl (C=O) groups excluding carboxylic acids is 1. The highest BCUT2D eigenvalue weighted by Gasteiger charge is 2.23. The number of nitrogens with zero attached hydrogens (tertiary/aromatic N) is 4. The van der Waals surface area contributed by atoms with Gasteiger partial charge in [-0.1, -0.05) is 6.07 Å². The van der Waals surface area contributed by atoms with Crippen molar-refractivity contribution in [1.82, 2.24) is 19.3 Å². The Bertz CT molecular complexity index is 1130. The van der Waals surface area contributed by atoms with Crippen molar-refractivity contribution < 1.29 is 9.18 Å². The van der Waals surface area contributed by atoms with E-state index in [0.717, 1.165) is 29.9 Å². The molecule has 0 saturated heterocycles. The molecule has 0 bridgehead atoms. The van der Waals surface area contributed by atoms with Crippen molar-refractivity contribution >= 4 is 11.6 Å². The number of rotatable bonds is 4. The largest absolute Gasteiger partial charge is 0.324 e. The molecule has 0 unspecified atom stereocenters. The highest BCUT2D eigenvalue weighted by atomic mass is 19.1. The highest BCUT2D eigenvalue weighted by Crippen LogP contribution is 2.19. The molecular formula is C20H20FN5O2. The van der Waals surface area contributed by atoms with E-state index < -0.39 is 11.7 Å². The highest BCUT2D eigenvalue weighted by molar-refractivity contribution is 5.90. The molecule has 0 radical (unpaired) electrons. The molecule has 0 fully saturated rings. The molecule has 0 aliphatic heterocycles. The number of benzene rings is 1. The zero-order valence-corrected chi connectivity index (χ0v) is 15.7. The summed E-state index contributed by atoms with van der Waals surface area (Å²) in [6, 6.07) is 7.51. The smallest absolute Gasteiger partial charge is 0.258 e. The van der Waals surface area contributed by atoms with Gasteiger partial charge >= 0.3 is 0 Å². The first-order chi connectivity index (χ1) is 13.4. The predicted octanol–water partition coefficient (Wildman–Crippen LogP) is 2.31. The molecule has 4 rings (SSSR count). The van der Waals surface area contributed by atoms with E-state index in [-0.39, 0.29) is 12.1 Å². The number of amides is 1. The van der Waals surface area contributed by atoms with E-state index >= 15 is 0 Å². The van der Waals surface area contributed by atoms with E-state index in [2.05, 4.69) is 15.4 Å². The van der Waals surface area contributed by atoms with Crippen molar-refractivity contribution in [3.8, 4) is 5.95 Å². The summed E-state index contributed by atoms with van der Waals surface area (Å²) in [7, 11) is 0. The SMILES string of the molecule is Cc1cc(C)n(-c2nc3c(c(=O)n2CC(=O)Nc2cccc(F)c2)CCC3)n1. The van der Waals surface area contributed by atoms with Crippen molar-refractivity contribution in [2.75, 3.05) is 5.32 Å². The minimum Gasteiger partial charge on any atom is -0.324 e. The Morgan fingerprint density at radius 2 is 2.07 bits per heavy atom. The van der Waals surface area contributed by atoms with Gasteiger partial charge in [-0.25, -0.2) is 14.1 Å². The second-order valence-electron chi connectivity index (χ2n) is 6.98. The van der Waals surface area contributed by atoms with Gasteiger partial charge in [0.15, 0.2) is 0 Å². The first-order valence-electron chi connectivity index (χ1n) is 9.14. The van der Waals surface area contributed by atoms with E-state index in [1.54, 1.807) is 10.7 Å². The number of hydrogen-bond donors (Lipinski definition) is 1. The number of halogens is 1. The van der Waals surface area contributed by atoms with Crippen molar-refractivity contribution in [3.63, 3.8) is 0 Å². The number of anilines is 1. The van der Waals surface area contributed by atoms with E-state index in [1.807, 2.05) is 19.9 Å². The Morgan fingerprint density at radius 1 is 1.25 bits per heavy atom. The van der Waals surface area contributed by atoms with Crippen molar-refractivity contribution in [1.29, 1.82) is 0 Å². The van der Waals surface area contributed by atoms with Gasteiger partial charge < -0.3 is 5.32 Å². The molecule has 1 amide bonds. The third kappa shape index (κ3) is 3.33. The van der Waals surface area contributed by atoms with Crippen LogP contribution in [0.25, 0.3) is 5.95 Å². The summed E-state index contributed by atoms with van der Waals surface area (Å²) in [5.41, 5.74) is 3.15. The molecule has 1 aliphatic rings. The van der Waals surface area contributed by atoms with Gasteiger partial charge in [0, 0.05) is 16.9 Å². The van der Waals surface area contributed by atoms with Crippen LogP contribution in [0.5, 0.6) is 0 Å². The fourth-order valence-corrected chi connectivity index (χ4v) is 3.56. The third-order valence-corrected chi connectivity index (χ3v) is 4.78. The first kappa shape index (κ1) is 18.1. The molecule has 1 aliphatic carbocycles. The number of carbonyl (C=O) groups is 1. The minimum atomic E-state index is -0.447. The maximum absolute atomic E-state index is 13.4. The normalized spacial score (nSPS) is 12.8. The van der Waals surface area contributed by atoms with Crippen molar-refractivity contribution in [3.05, 3.63) is 69.1 Å². The zero-order valence-electron chi connectivity index (χ0n) is 15.7. The first-order valence-corrected chi connectivity index (χ1v) is 9.14. The van der Waals surface area contributed by atoms with Crippen LogP contribution >= 0.6 is 0 Å². The van der Waals surface area contributed by atoms with Gasteiger partial charge in [-0.2, -0.15) is 5.10 Å².